The number of hydrogen-bond donors (Lipinski definition) is 3. The molecule has 4 nitrogen and oxygen atoms in total. The van der Waals surface area contributed by atoms with E-state index in [9.17, 15) is 4.79 Å². The van der Waals surface area contributed by atoms with Crippen molar-refractivity contribution in [2.24, 2.45) is 0 Å². The monoisotopic (exact) mass is 215 g/mol. The predicted octanol–water partition coefficient (Wildman–Crippen LogP) is 1.14. The second-order valence-corrected chi connectivity index (χ2v) is 3.69. The van der Waals surface area contributed by atoms with Gasteiger partial charge in [-0.3, -0.25) is 5.32 Å². The fourth-order valence-electron chi connectivity index (χ4n) is 1.65. The molecule has 82 valence electrons. The third kappa shape index (κ3) is 2.00. The number of nitrogens with one attached hydrogen (secondary N) is 3. The summed E-state index contributed by atoms with van der Waals surface area (Å²) in [6.07, 6.45) is 5.18. The molecule has 0 fully saturated rings. The van der Waals surface area contributed by atoms with Crippen molar-refractivity contribution in [2.75, 3.05) is 6.54 Å². The van der Waals surface area contributed by atoms with Gasteiger partial charge in [-0.15, -0.1) is 6.42 Å². The molecule has 1 aromatic heterocycles. The Morgan fingerprint density at radius 3 is 2.94 bits per heavy atom. The number of rotatable bonds is 3. The van der Waals surface area contributed by atoms with Crippen molar-refractivity contribution in [2.45, 2.75) is 13.0 Å². The van der Waals surface area contributed by atoms with Crippen LogP contribution >= 0.6 is 0 Å². The number of aromatic amines is 2. The zero-order chi connectivity index (χ0) is 11.5. The average molecular weight is 215 g/mol. The SMILES string of the molecule is C#CCNC(C)c1ccc2[nH]c(=O)[nH]c2c1. The van der Waals surface area contributed by atoms with Crippen LogP contribution in [0.25, 0.3) is 11.0 Å². The van der Waals surface area contributed by atoms with Crippen molar-refractivity contribution in [1.29, 1.82) is 0 Å². The molecule has 0 bridgehead atoms. The van der Waals surface area contributed by atoms with Gasteiger partial charge in [-0.2, -0.15) is 0 Å². The second kappa shape index (κ2) is 4.25. The van der Waals surface area contributed by atoms with E-state index in [1.807, 2.05) is 25.1 Å². The Morgan fingerprint density at radius 2 is 2.19 bits per heavy atom. The molecule has 2 aromatic rings. The van der Waals surface area contributed by atoms with Crippen molar-refractivity contribution < 1.29 is 0 Å². The third-order valence-corrected chi connectivity index (χ3v) is 2.55. The van der Waals surface area contributed by atoms with E-state index in [0.29, 0.717) is 6.54 Å². The van der Waals surface area contributed by atoms with Crippen LogP contribution in [0.5, 0.6) is 0 Å². The van der Waals surface area contributed by atoms with Crippen molar-refractivity contribution in [1.82, 2.24) is 15.3 Å². The minimum atomic E-state index is -0.184. The first-order chi connectivity index (χ1) is 7.70. The Labute approximate surface area is 93.1 Å². The fourth-order valence-corrected chi connectivity index (χ4v) is 1.65. The number of imidazole rings is 1. The van der Waals surface area contributed by atoms with Gasteiger partial charge in [-0.25, -0.2) is 4.79 Å². The van der Waals surface area contributed by atoms with Gasteiger partial charge >= 0.3 is 5.69 Å². The van der Waals surface area contributed by atoms with E-state index in [2.05, 4.69) is 21.2 Å². The summed E-state index contributed by atoms with van der Waals surface area (Å²) in [5.41, 5.74) is 2.55. The molecule has 16 heavy (non-hydrogen) atoms. The number of fused-ring (bicyclic) bond motifs is 1. The molecule has 0 amide bonds. The Morgan fingerprint density at radius 1 is 1.44 bits per heavy atom. The summed E-state index contributed by atoms with van der Waals surface area (Å²) < 4.78 is 0. The van der Waals surface area contributed by atoms with Gasteiger partial charge in [0.25, 0.3) is 0 Å². The number of benzene rings is 1. The first-order valence-corrected chi connectivity index (χ1v) is 5.09. The van der Waals surface area contributed by atoms with Crippen molar-refractivity contribution in [3.63, 3.8) is 0 Å². The summed E-state index contributed by atoms with van der Waals surface area (Å²) in [6.45, 7) is 2.56. The summed E-state index contributed by atoms with van der Waals surface area (Å²) in [6, 6.07) is 5.97. The molecular weight excluding hydrogens is 202 g/mol. The van der Waals surface area contributed by atoms with Crippen LogP contribution < -0.4 is 11.0 Å². The summed E-state index contributed by atoms with van der Waals surface area (Å²) >= 11 is 0. The molecule has 0 aliphatic heterocycles. The number of aromatic nitrogens is 2. The highest BCUT2D eigenvalue weighted by Gasteiger charge is 2.05. The Hall–Kier alpha value is -1.99. The molecule has 3 N–H and O–H groups in total. The summed E-state index contributed by atoms with van der Waals surface area (Å²) in [5, 5.41) is 3.18. The molecule has 1 unspecified atom stereocenters. The fraction of sp³-hybridized carbons (Fsp3) is 0.250. The maximum atomic E-state index is 11.1. The lowest BCUT2D eigenvalue weighted by atomic mass is 10.1. The van der Waals surface area contributed by atoms with E-state index in [1.54, 1.807) is 0 Å². The molecule has 0 saturated heterocycles. The number of hydrogen-bond acceptors (Lipinski definition) is 2. The Balaban J connectivity index is 2.32. The first-order valence-electron chi connectivity index (χ1n) is 5.09. The highest BCUT2D eigenvalue weighted by Crippen LogP contribution is 2.16. The van der Waals surface area contributed by atoms with Gasteiger partial charge in [0.15, 0.2) is 0 Å². The Kier molecular flexibility index (Phi) is 2.80. The van der Waals surface area contributed by atoms with Gasteiger partial charge in [0, 0.05) is 6.04 Å². The van der Waals surface area contributed by atoms with Gasteiger partial charge in [-0.05, 0) is 24.6 Å². The van der Waals surface area contributed by atoms with Crippen LogP contribution in [-0.4, -0.2) is 16.5 Å². The summed E-state index contributed by atoms with van der Waals surface area (Å²) in [5.74, 6) is 2.53. The standard InChI is InChI=1S/C12H13N3O/c1-3-6-13-8(2)9-4-5-10-11(7-9)15-12(16)14-10/h1,4-5,7-8,13H,6H2,2H3,(H2,14,15,16). The van der Waals surface area contributed by atoms with Crippen LogP contribution in [0.1, 0.15) is 18.5 Å². The van der Waals surface area contributed by atoms with E-state index in [-0.39, 0.29) is 11.7 Å². The molecule has 0 spiro atoms. The highest BCUT2D eigenvalue weighted by atomic mass is 16.1. The smallest absolute Gasteiger partial charge is 0.306 e. The molecule has 1 heterocycles. The van der Waals surface area contributed by atoms with Crippen LogP contribution in [0.3, 0.4) is 0 Å². The van der Waals surface area contributed by atoms with Gasteiger partial charge in [0.1, 0.15) is 0 Å². The molecule has 4 heteroatoms. The average Bonchev–Trinajstić information content (AvgIpc) is 2.64. The van der Waals surface area contributed by atoms with Crippen LogP contribution in [0.15, 0.2) is 23.0 Å². The molecule has 0 radical (unpaired) electrons. The number of terminal acetylenes is 1. The van der Waals surface area contributed by atoms with E-state index in [1.165, 1.54) is 0 Å². The lowest BCUT2D eigenvalue weighted by molar-refractivity contribution is 0.624. The van der Waals surface area contributed by atoms with Gasteiger partial charge < -0.3 is 9.97 Å². The van der Waals surface area contributed by atoms with Gasteiger partial charge in [0.05, 0.1) is 17.6 Å². The van der Waals surface area contributed by atoms with E-state index < -0.39 is 0 Å². The van der Waals surface area contributed by atoms with Crippen LogP contribution in [0, 0.1) is 12.3 Å². The second-order valence-electron chi connectivity index (χ2n) is 3.69. The lowest BCUT2D eigenvalue weighted by Gasteiger charge is -2.11. The summed E-state index contributed by atoms with van der Waals surface area (Å²) in [7, 11) is 0. The van der Waals surface area contributed by atoms with E-state index in [4.69, 9.17) is 6.42 Å². The van der Waals surface area contributed by atoms with Crippen LogP contribution in [0.4, 0.5) is 0 Å². The quantitative estimate of drug-likeness (QED) is 0.672. The van der Waals surface area contributed by atoms with Gasteiger partial charge in [-0.1, -0.05) is 12.0 Å². The van der Waals surface area contributed by atoms with Crippen LogP contribution in [-0.2, 0) is 0 Å². The highest BCUT2D eigenvalue weighted by molar-refractivity contribution is 5.75. The zero-order valence-corrected chi connectivity index (χ0v) is 9.00. The van der Waals surface area contributed by atoms with Crippen LogP contribution in [0.2, 0.25) is 0 Å². The molecule has 0 saturated carbocycles. The molecule has 1 atom stereocenters. The first kappa shape index (κ1) is 10.5. The lowest BCUT2D eigenvalue weighted by Crippen LogP contribution is -2.18. The molecule has 1 aromatic carbocycles. The predicted molar refractivity (Wildman–Crippen MR) is 64.2 cm³/mol. The third-order valence-electron chi connectivity index (χ3n) is 2.55. The maximum Gasteiger partial charge on any atom is 0.323 e. The van der Waals surface area contributed by atoms with Crippen molar-refractivity contribution >= 4 is 11.0 Å². The van der Waals surface area contributed by atoms with Crippen molar-refractivity contribution in [3.8, 4) is 12.3 Å². The summed E-state index contributed by atoms with van der Waals surface area (Å²) in [4.78, 5) is 16.5. The molecular formula is C12H13N3O. The topological polar surface area (TPSA) is 60.7 Å². The van der Waals surface area contributed by atoms with Gasteiger partial charge in [0.2, 0.25) is 0 Å². The number of H-pyrrole nitrogens is 2. The van der Waals surface area contributed by atoms with Crippen molar-refractivity contribution in [3.05, 3.63) is 34.2 Å². The molecule has 2 rings (SSSR count). The zero-order valence-electron chi connectivity index (χ0n) is 9.00. The normalized spacial score (nSPS) is 12.5. The largest absolute Gasteiger partial charge is 0.323 e. The Bertz CT molecular complexity index is 588. The molecule has 0 aliphatic rings. The van der Waals surface area contributed by atoms with E-state index >= 15 is 0 Å². The molecule has 0 aliphatic carbocycles. The maximum absolute atomic E-state index is 11.1. The minimum Gasteiger partial charge on any atom is -0.306 e. The van der Waals surface area contributed by atoms with E-state index in [0.717, 1.165) is 16.6 Å². The minimum absolute atomic E-state index is 0.166.